The van der Waals surface area contributed by atoms with Gasteiger partial charge in [0.2, 0.25) is 0 Å². The van der Waals surface area contributed by atoms with Crippen LogP contribution in [0.4, 0.5) is 0 Å². The molecule has 1 N–H and O–H groups in total. The van der Waals surface area contributed by atoms with E-state index in [1.807, 2.05) is 29.6 Å². The van der Waals surface area contributed by atoms with Crippen LogP contribution in [0.15, 0.2) is 18.2 Å². The molecule has 0 fully saturated rings. The molecule has 0 saturated heterocycles. The maximum atomic E-state index is 8.69. The molecule has 74 valence electrons. The molecular weight excluding hydrogens is 178 g/mol. The first kappa shape index (κ1) is 9.15. The molecule has 0 saturated carbocycles. The highest BCUT2D eigenvalue weighted by atomic mass is 16.2. The van der Waals surface area contributed by atoms with Crippen LogP contribution in [0.2, 0.25) is 0 Å². The van der Waals surface area contributed by atoms with Gasteiger partial charge >= 0.3 is 0 Å². The zero-order valence-corrected chi connectivity index (χ0v) is 8.14. The number of aliphatic hydroxyl groups is 1. The van der Waals surface area contributed by atoms with Gasteiger partial charge in [-0.2, -0.15) is 5.10 Å². The van der Waals surface area contributed by atoms with Crippen LogP contribution < -0.4 is 0 Å². The molecule has 0 spiro atoms. The average Bonchev–Trinajstić information content (AvgIpc) is 2.59. The standard InChI is InChI=1S/C10H13N3O/c1-8-4-2-6-10-11-9(5-3-7-14)12-13(8)10/h2,4,6,14H,3,5,7H2,1H3. The molecule has 0 aliphatic rings. The van der Waals surface area contributed by atoms with Crippen LogP contribution in [0, 0.1) is 6.92 Å². The van der Waals surface area contributed by atoms with Gasteiger partial charge in [0.15, 0.2) is 11.5 Å². The minimum atomic E-state index is 0.189. The van der Waals surface area contributed by atoms with Crippen LogP contribution >= 0.6 is 0 Å². The molecule has 4 heteroatoms. The van der Waals surface area contributed by atoms with Crippen molar-refractivity contribution in [3.05, 3.63) is 29.7 Å². The summed E-state index contributed by atoms with van der Waals surface area (Å²) in [5.74, 6) is 0.799. The molecule has 4 nitrogen and oxygen atoms in total. The maximum Gasteiger partial charge on any atom is 0.155 e. The van der Waals surface area contributed by atoms with E-state index < -0.39 is 0 Å². The van der Waals surface area contributed by atoms with Crippen molar-refractivity contribution in [2.24, 2.45) is 0 Å². The first-order valence-electron chi connectivity index (χ1n) is 4.73. The van der Waals surface area contributed by atoms with Crippen molar-refractivity contribution >= 4 is 5.65 Å². The highest BCUT2D eigenvalue weighted by Crippen LogP contribution is 2.05. The van der Waals surface area contributed by atoms with Crippen LogP contribution in [0.3, 0.4) is 0 Å². The van der Waals surface area contributed by atoms with E-state index in [1.165, 1.54) is 0 Å². The Morgan fingerprint density at radius 2 is 2.29 bits per heavy atom. The van der Waals surface area contributed by atoms with Crippen LogP contribution in [-0.4, -0.2) is 26.3 Å². The molecule has 14 heavy (non-hydrogen) atoms. The average molecular weight is 191 g/mol. The van der Waals surface area contributed by atoms with Gasteiger partial charge in [0, 0.05) is 18.7 Å². The molecule has 0 aliphatic heterocycles. The second kappa shape index (κ2) is 3.75. The van der Waals surface area contributed by atoms with Gasteiger partial charge in [-0.1, -0.05) is 6.07 Å². The Hall–Kier alpha value is -1.42. The fourth-order valence-electron chi connectivity index (χ4n) is 1.42. The van der Waals surface area contributed by atoms with Gasteiger partial charge in [-0.25, -0.2) is 9.50 Å². The Balaban J connectivity index is 2.36. The van der Waals surface area contributed by atoms with E-state index in [-0.39, 0.29) is 6.61 Å². The molecule has 0 amide bonds. The van der Waals surface area contributed by atoms with Crippen molar-refractivity contribution in [1.29, 1.82) is 0 Å². The Kier molecular flexibility index (Phi) is 2.45. The molecule has 0 unspecified atom stereocenters. The zero-order chi connectivity index (χ0) is 9.97. The largest absolute Gasteiger partial charge is 0.396 e. The lowest BCUT2D eigenvalue weighted by molar-refractivity contribution is 0.287. The van der Waals surface area contributed by atoms with Gasteiger partial charge < -0.3 is 5.11 Å². The van der Waals surface area contributed by atoms with E-state index >= 15 is 0 Å². The Bertz CT molecular complexity index is 436. The minimum Gasteiger partial charge on any atom is -0.396 e. The Labute approximate surface area is 82.2 Å². The lowest BCUT2D eigenvalue weighted by atomic mass is 10.3. The SMILES string of the molecule is Cc1cccc2nc(CCCO)nn12. The smallest absolute Gasteiger partial charge is 0.155 e. The van der Waals surface area contributed by atoms with Crippen LogP contribution in [0.1, 0.15) is 17.9 Å². The molecule has 0 bridgehead atoms. The number of nitrogens with zero attached hydrogens (tertiary/aromatic N) is 3. The number of fused-ring (bicyclic) bond motifs is 1. The predicted molar refractivity (Wildman–Crippen MR) is 53.1 cm³/mol. The molecule has 0 atom stereocenters. The van der Waals surface area contributed by atoms with Crippen molar-refractivity contribution in [3.8, 4) is 0 Å². The third kappa shape index (κ3) is 1.61. The summed E-state index contributed by atoms with van der Waals surface area (Å²) >= 11 is 0. The van der Waals surface area contributed by atoms with Gasteiger partial charge in [0.25, 0.3) is 0 Å². The quantitative estimate of drug-likeness (QED) is 0.786. The number of rotatable bonds is 3. The summed E-state index contributed by atoms with van der Waals surface area (Å²) in [7, 11) is 0. The van der Waals surface area contributed by atoms with E-state index in [1.54, 1.807) is 0 Å². The normalized spacial score (nSPS) is 11.0. The van der Waals surface area contributed by atoms with Crippen molar-refractivity contribution in [1.82, 2.24) is 14.6 Å². The number of aromatic nitrogens is 3. The summed E-state index contributed by atoms with van der Waals surface area (Å²) < 4.78 is 1.83. The second-order valence-corrected chi connectivity index (χ2v) is 3.29. The van der Waals surface area contributed by atoms with Gasteiger partial charge in [0.05, 0.1) is 0 Å². The van der Waals surface area contributed by atoms with Gasteiger partial charge in [-0.15, -0.1) is 0 Å². The summed E-state index contributed by atoms with van der Waals surface area (Å²) in [5.41, 5.74) is 1.95. The van der Waals surface area contributed by atoms with Crippen molar-refractivity contribution in [2.75, 3.05) is 6.61 Å². The first-order chi connectivity index (χ1) is 6.81. The summed E-state index contributed by atoms with van der Waals surface area (Å²) in [5, 5.41) is 13.0. The molecule has 0 aromatic carbocycles. The van der Waals surface area contributed by atoms with Crippen molar-refractivity contribution in [3.63, 3.8) is 0 Å². The van der Waals surface area contributed by atoms with Gasteiger partial charge in [0.1, 0.15) is 0 Å². The lowest BCUT2D eigenvalue weighted by Gasteiger charge is -1.94. The lowest BCUT2D eigenvalue weighted by Crippen LogP contribution is -1.94. The van der Waals surface area contributed by atoms with Crippen LogP contribution in [0.5, 0.6) is 0 Å². The number of hydrogen-bond donors (Lipinski definition) is 1. The molecule has 2 aromatic heterocycles. The van der Waals surface area contributed by atoms with E-state index in [9.17, 15) is 0 Å². The van der Waals surface area contributed by atoms with E-state index in [0.717, 1.165) is 30.0 Å². The molecule has 2 aromatic rings. The highest BCUT2D eigenvalue weighted by Gasteiger charge is 2.03. The second-order valence-electron chi connectivity index (χ2n) is 3.29. The van der Waals surface area contributed by atoms with E-state index in [4.69, 9.17) is 5.11 Å². The van der Waals surface area contributed by atoms with E-state index in [0.29, 0.717) is 0 Å². The topological polar surface area (TPSA) is 50.4 Å². The van der Waals surface area contributed by atoms with Crippen molar-refractivity contribution < 1.29 is 5.11 Å². The van der Waals surface area contributed by atoms with Crippen molar-refractivity contribution in [2.45, 2.75) is 19.8 Å². The van der Waals surface area contributed by atoms with Crippen LogP contribution in [0.25, 0.3) is 5.65 Å². The monoisotopic (exact) mass is 191 g/mol. The third-order valence-electron chi connectivity index (χ3n) is 2.15. The highest BCUT2D eigenvalue weighted by molar-refractivity contribution is 5.38. The molecule has 0 aliphatic carbocycles. The molecule has 2 rings (SSSR count). The molecular formula is C10H13N3O. The Morgan fingerprint density at radius 3 is 3.00 bits per heavy atom. The summed E-state index contributed by atoms with van der Waals surface area (Å²) in [6.45, 7) is 2.19. The van der Waals surface area contributed by atoms with E-state index in [2.05, 4.69) is 10.1 Å². The summed E-state index contributed by atoms with van der Waals surface area (Å²) in [6.07, 6.45) is 1.45. The summed E-state index contributed by atoms with van der Waals surface area (Å²) in [6, 6.07) is 5.90. The third-order valence-corrected chi connectivity index (χ3v) is 2.15. The first-order valence-corrected chi connectivity index (χ1v) is 4.73. The van der Waals surface area contributed by atoms with Crippen LogP contribution in [-0.2, 0) is 6.42 Å². The summed E-state index contributed by atoms with van der Waals surface area (Å²) in [4.78, 5) is 4.35. The molecule has 0 radical (unpaired) electrons. The Morgan fingerprint density at radius 1 is 1.43 bits per heavy atom. The predicted octanol–water partition coefficient (Wildman–Crippen LogP) is 0.963. The zero-order valence-electron chi connectivity index (χ0n) is 8.14. The van der Waals surface area contributed by atoms with Gasteiger partial charge in [-0.3, -0.25) is 0 Å². The maximum absolute atomic E-state index is 8.69. The fraction of sp³-hybridized carbons (Fsp3) is 0.400. The number of aryl methyl sites for hydroxylation is 2. The molecule has 2 heterocycles. The fourth-order valence-corrected chi connectivity index (χ4v) is 1.42. The number of pyridine rings is 1. The van der Waals surface area contributed by atoms with Gasteiger partial charge in [-0.05, 0) is 25.5 Å². The number of aliphatic hydroxyl groups excluding tert-OH is 1. The number of hydrogen-bond acceptors (Lipinski definition) is 3. The minimum absolute atomic E-state index is 0.189.